The van der Waals surface area contributed by atoms with Gasteiger partial charge in [0, 0.05) is 40.7 Å². The molecule has 0 aliphatic heterocycles. The fraction of sp³-hybridized carbons (Fsp3) is 0.324. The molecule has 41 heavy (non-hydrogen) atoms. The summed E-state index contributed by atoms with van der Waals surface area (Å²) in [5.41, 5.74) is 12.8. The van der Waals surface area contributed by atoms with Crippen molar-refractivity contribution < 1.29 is 18.3 Å². The summed E-state index contributed by atoms with van der Waals surface area (Å²) in [5.74, 6) is -3.61. The van der Waals surface area contributed by atoms with Crippen LogP contribution in [0.3, 0.4) is 0 Å². The number of hydrogen-bond donors (Lipinski definition) is 3. The summed E-state index contributed by atoms with van der Waals surface area (Å²) in [4.78, 5) is 4.91. The zero-order valence-corrected chi connectivity index (χ0v) is 24.0. The van der Waals surface area contributed by atoms with Crippen molar-refractivity contribution in [1.29, 1.82) is 0 Å². The first-order valence-corrected chi connectivity index (χ1v) is 13.9. The van der Waals surface area contributed by atoms with Gasteiger partial charge in [-0.15, -0.1) is 0 Å². The Kier molecular flexibility index (Phi) is 9.08. The number of benzene rings is 3. The van der Waals surface area contributed by atoms with Crippen LogP contribution in [-0.2, 0) is 12.3 Å². The van der Waals surface area contributed by atoms with Gasteiger partial charge in [-0.1, -0.05) is 42.0 Å². The van der Waals surface area contributed by atoms with E-state index in [2.05, 4.69) is 5.32 Å². The normalized spacial score (nSPS) is 15.4. The lowest BCUT2D eigenvalue weighted by Gasteiger charge is -2.24. The number of nitrogens with two attached hydrogens (primary N) is 1. The predicted molar refractivity (Wildman–Crippen MR) is 162 cm³/mol. The van der Waals surface area contributed by atoms with Gasteiger partial charge in [0.05, 0.1) is 11.3 Å². The molecule has 0 radical (unpaired) electrons. The molecule has 7 heteroatoms. The smallest absolute Gasteiger partial charge is 0.298 e. The van der Waals surface area contributed by atoms with E-state index >= 15 is 0 Å². The zero-order valence-electron chi connectivity index (χ0n) is 24.0. The first-order valence-electron chi connectivity index (χ1n) is 13.9. The van der Waals surface area contributed by atoms with Crippen molar-refractivity contribution in [3.05, 3.63) is 118 Å². The standard InChI is InChI=1S/C34H38F3N3O/c1-22(41)34(36,37)27-14-8-23(9-15-27)20-31(25-6-5-7-25)39-29-18-12-24(13-19-29)30(21-38)32(40-33(2,3)4)26-10-16-28(35)17-11-26/h8-19,21-22,39,41H,5-7,20,38H2,1-4H3. The second-order valence-corrected chi connectivity index (χ2v) is 11.5. The van der Waals surface area contributed by atoms with Gasteiger partial charge in [-0.05, 0) is 94.5 Å². The van der Waals surface area contributed by atoms with Gasteiger partial charge < -0.3 is 16.2 Å². The number of hydrogen-bond acceptors (Lipinski definition) is 4. The minimum absolute atomic E-state index is 0.198. The van der Waals surface area contributed by atoms with E-state index in [4.69, 9.17) is 10.7 Å². The molecular weight excluding hydrogens is 523 g/mol. The van der Waals surface area contributed by atoms with E-state index in [9.17, 15) is 18.3 Å². The number of allylic oxidation sites excluding steroid dienone is 3. The Morgan fingerprint density at radius 2 is 1.54 bits per heavy atom. The maximum Gasteiger partial charge on any atom is 0.298 e. The highest BCUT2D eigenvalue weighted by molar-refractivity contribution is 6.31. The average Bonchev–Trinajstić information content (AvgIpc) is 2.88. The van der Waals surface area contributed by atoms with Crippen LogP contribution in [0.15, 0.2) is 95.3 Å². The zero-order chi connectivity index (χ0) is 29.8. The Bertz CT molecular complexity index is 1420. The summed E-state index contributed by atoms with van der Waals surface area (Å²) in [5, 5.41) is 13.0. The molecule has 3 aromatic rings. The number of aliphatic hydroxyl groups is 1. The highest BCUT2D eigenvalue weighted by Gasteiger charge is 2.37. The van der Waals surface area contributed by atoms with Crippen molar-refractivity contribution in [2.75, 3.05) is 5.32 Å². The molecule has 0 aromatic heterocycles. The predicted octanol–water partition coefficient (Wildman–Crippen LogP) is 7.98. The molecule has 0 saturated heterocycles. The van der Waals surface area contributed by atoms with Gasteiger partial charge in [-0.2, -0.15) is 8.78 Å². The number of rotatable bonds is 9. The van der Waals surface area contributed by atoms with E-state index in [0.717, 1.165) is 59.8 Å². The molecule has 0 heterocycles. The van der Waals surface area contributed by atoms with Gasteiger partial charge in [0.2, 0.25) is 0 Å². The summed E-state index contributed by atoms with van der Waals surface area (Å²) >= 11 is 0. The third-order valence-electron chi connectivity index (χ3n) is 7.11. The molecule has 1 aliphatic carbocycles. The molecule has 1 aliphatic rings. The van der Waals surface area contributed by atoms with Crippen LogP contribution in [0.25, 0.3) is 5.57 Å². The number of halogens is 3. The second kappa shape index (κ2) is 12.4. The average molecular weight is 562 g/mol. The summed E-state index contributed by atoms with van der Waals surface area (Å²) in [6.07, 6.45) is 3.49. The molecule has 4 N–H and O–H groups in total. The van der Waals surface area contributed by atoms with Gasteiger partial charge >= 0.3 is 0 Å². The van der Waals surface area contributed by atoms with E-state index < -0.39 is 12.0 Å². The minimum Gasteiger partial charge on any atom is -0.404 e. The molecule has 216 valence electrons. The lowest BCUT2D eigenvalue weighted by Crippen LogP contribution is -2.27. The topological polar surface area (TPSA) is 70.6 Å². The largest absolute Gasteiger partial charge is 0.404 e. The number of aliphatic imine (C=N–C) groups is 1. The lowest BCUT2D eigenvalue weighted by atomic mass is 9.88. The molecule has 0 spiro atoms. The molecule has 1 fully saturated rings. The van der Waals surface area contributed by atoms with E-state index in [-0.39, 0.29) is 16.9 Å². The molecule has 1 unspecified atom stereocenters. The van der Waals surface area contributed by atoms with Crippen LogP contribution < -0.4 is 11.1 Å². The summed E-state index contributed by atoms with van der Waals surface area (Å²) < 4.78 is 42.0. The molecule has 0 bridgehead atoms. The Hall–Kier alpha value is -3.84. The third-order valence-corrected chi connectivity index (χ3v) is 7.11. The van der Waals surface area contributed by atoms with Gasteiger partial charge in [0.15, 0.2) is 0 Å². The molecule has 1 saturated carbocycles. The number of anilines is 1. The fourth-order valence-corrected chi connectivity index (χ4v) is 4.65. The SMILES string of the molecule is CC(O)C(F)(F)c1ccc(CC(Nc2ccc(C(=CN)C(=NC(C)(C)C)c3ccc(F)cc3)cc2)=C2CCC2)cc1. The molecule has 4 rings (SSSR count). The summed E-state index contributed by atoms with van der Waals surface area (Å²) in [6.45, 7) is 7.09. The minimum atomic E-state index is -3.29. The van der Waals surface area contributed by atoms with Crippen molar-refractivity contribution in [2.45, 2.75) is 70.9 Å². The highest BCUT2D eigenvalue weighted by Crippen LogP contribution is 2.34. The van der Waals surface area contributed by atoms with Crippen LogP contribution in [0.4, 0.5) is 18.9 Å². The number of aliphatic hydroxyl groups excluding tert-OH is 1. The Morgan fingerprint density at radius 1 is 0.951 bits per heavy atom. The monoisotopic (exact) mass is 561 g/mol. The van der Waals surface area contributed by atoms with Crippen LogP contribution in [0.5, 0.6) is 0 Å². The lowest BCUT2D eigenvalue weighted by molar-refractivity contribution is -0.106. The van der Waals surface area contributed by atoms with Crippen LogP contribution in [0.1, 0.15) is 69.2 Å². The highest BCUT2D eigenvalue weighted by atomic mass is 19.3. The van der Waals surface area contributed by atoms with E-state index in [1.807, 2.05) is 45.0 Å². The van der Waals surface area contributed by atoms with Crippen molar-refractivity contribution in [3.8, 4) is 0 Å². The maximum atomic E-state index is 14.2. The molecule has 4 nitrogen and oxygen atoms in total. The van der Waals surface area contributed by atoms with Gasteiger partial charge in [0.25, 0.3) is 5.92 Å². The second-order valence-electron chi connectivity index (χ2n) is 11.5. The van der Waals surface area contributed by atoms with Crippen molar-refractivity contribution in [1.82, 2.24) is 0 Å². The fourth-order valence-electron chi connectivity index (χ4n) is 4.65. The van der Waals surface area contributed by atoms with Crippen molar-refractivity contribution >= 4 is 17.0 Å². The summed E-state index contributed by atoms with van der Waals surface area (Å²) in [7, 11) is 0. The van der Waals surface area contributed by atoms with Crippen molar-refractivity contribution in [3.63, 3.8) is 0 Å². The molecule has 1 atom stereocenters. The van der Waals surface area contributed by atoms with Crippen LogP contribution in [0, 0.1) is 5.82 Å². The maximum absolute atomic E-state index is 14.2. The quantitative estimate of drug-likeness (QED) is 0.232. The molecule has 0 amide bonds. The number of nitrogens with one attached hydrogen (secondary N) is 1. The number of nitrogens with zero attached hydrogens (tertiary/aromatic N) is 1. The van der Waals surface area contributed by atoms with E-state index in [0.29, 0.717) is 12.1 Å². The number of alkyl halides is 2. The Morgan fingerprint density at radius 3 is 2.02 bits per heavy atom. The first-order chi connectivity index (χ1) is 19.4. The van der Waals surface area contributed by atoms with E-state index in [1.54, 1.807) is 24.3 Å². The van der Waals surface area contributed by atoms with Crippen LogP contribution >= 0.6 is 0 Å². The molecule has 3 aromatic carbocycles. The van der Waals surface area contributed by atoms with Gasteiger partial charge in [-0.25, -0.2) is 4.39 Å². The van der Waals surface area contributed by atoms with Crippen LogP contribution in [0.2, 0.25) is 0 Å². The Balaban J connectivity index is 1.56. The third kappa shape index (κ3) is 7.47. The van der Waals surface area contributed by atoms with E-state index in [1.165, 1.54) is 36.0 Å². The molecular formula is C34H38F3N3O. The summed E-state index contributed by atoms with van der Waals surface area (Å²) in [6, 6.07) is 20.3. The van der Waals surface area contributed by atoms with Gasteiger partial charge in [0.1, 0.15) is 11.9 Å². The first kappa shape index (κ1) is 30.1. The van der Waals surface area contributed by atoms with Crippen molar-refractivity contribution in [2.24, 2.45) is 10.7 Å². The Labute approximate surface area is 240 Å². The van der Waals surface area contributed by atoms with Gasteiger partial charge in [-0.3, -0.25) is 4.99 Å². The van der Waals surface area contributed by atoms with Crippen LogP contribution in [-0.4, -0.2) is 22.5 Å².